The van der Waals surface area contributed by atoms with Crippen molar-refractivity contribution in [1.29, 1.82) is 0 Å². The number of thiazole rings is 1. The second kappa shape index (κ2) is 6.22. The maximum atomic E-state index is 12.7. The molecule has 0 saturated carbocycles. The van der Waals surface area contributed by atoms with Crippen LogP contribution in [-0.2, 0) is 0 Å². The van der Waals surface area contributed by atoms with Crippen molar-refractivity contribution in [3.05, 3.63) is 4.88 Å². The highest BCUT2D eigenvalue weighted by atomic mass is 32.1. The maximum Gasteiger partial charge on any atom is 0.267 e. The van der Waals surface area contributed by atoms with Crippen molar-refractivity contribution < 1.29 is 4.79 Å². The average molecular weight is 310 g/mol. The maximum absolute atomic E-state index is 12.7. The van der Waals surface area contributed by atoms with Crippen LogP contribution in [0, 0.1) is 5.41 Å². The van der Waals surface area contributed by atoms with Crippen LogP contribution in [0.15, 0.2) is 0 Å². The number of anilines is 2. The average Bonchev–Trinajstić information content (AvgIpc) is 3.10. The van der Waals surface area contributed by atoms with Gasteiger partial charge in [0.1, 0.15) is 10.7 Å². The van der Waals surface area contributed by atoms with Crippen molar-refractivity contribution in [3.63, 3.8) is 0 Å². The second-order valence-corrected chi connectivity index (χ2v) is 6.89. The van der Waals surface area contributed by atoms with Crippen molar-refractivity contribution in [2.75, 3.05) is 37.3 Å². The largest absolute Gasteiger partial charge is 0.382 e. The molecular weight excluding hydrogens is 284 g/mol. The number of nitrogens with two attached hydrogens (primary N) is 1. The molecule has 6 heteroatoms. The van der Waals surface area contributed by atoms with E-state index >= 15 is 0 Å². The summed E-state index contributed by atoms with van der Waals surface area (Å²) in [5, 5.41) is 0.815. The van der Waals surface area contributed by atoms with Gasteiger partial charge in [-0.05, 0) is 31.6 Å². The number of amides is 1. The summed E-state index contributed by atoms with van der Waals surface area (Å²) in [6.45, 7) is 9.00. The van der Waals surface area contributed by atoms with Crippen molar-refractivity contribution >= 4 is 28.2 Å². The van der Waals surface area contributed by atoms with Crippen LogP contribution >= 0.6 is 11.3 Å². The SMILES string of the molecule is CCN(C)c1nc(N)c(C(=O)N2CCC(CC)(CC)C2)s1. The van der Waals surface area contributed by atoms with Gasteiger partial charge in [0.2, 0.25) is 0 Å². The quantitative estimate of drug-likeness (QED) is 0.908. The van der Waals surface area contributed by atoms with Crippen LogP contribution in [-0.4, -0.2) is 42.5 Å². The molecule has 2 N–H and O–H groups in total. The zero-order chi connectivity index (χ0) is 15.6. The second-order valence-electron chi connectivity index (χ2n) is 5.91. The van der Waals surface area contributed by atoms with Crippen molar-refractivity contribution in [2.45, 2.75) is 40.0 Å². The van der Waals surface area contributed by atoms with Gasteiger partial charge in [-0.15, -0.1) is 0 Å². The first kappa shape index (κ1) is 16.1. The van der Waals surface area contributed by atoms with Gasteiger partial charge in [-0.1, -0.05) is 25.2 Å². The predicted molar refractivity (Wildman–Crippen MR) is 89.0 cm³/mol. The van der Waals surface area contributed by atoms with Gasteiger partial charge in [0.25, 0.3) is 5.91 Å². The van der Waals surface area contributed by atoms with Gasteiger partial charge in [0, 0.05) is 26.7 Å². The first-order chi connectivity index (χ1) is 9.96. The highest BCUT2D eigenvalue weighted by Gasteiger charge is 2.38. The first-order valence-corrected chi connectivity index (χ1v) is 8.54. The molecule has 0 bridgehead atoms. The highest BCUT2D eigenvalue weighted by Crippen LogP contribution is 2.38. The van der Waals surface area contributed by atoms with E-state index in [9.17, 15) is 4.79 Å². The lowest BCUT2D eigenvalue weighted by atomic mass is 9.82. The fourth-order valence-corrected chi connectivity index (χ4v) is 3.83. The number of nitrogen functional groups attached to an aromatic ring is 1. The number of aromatic nitrogens is 1. The third-order valence-electron chi connectivity index (χ3n) is 4.86. The molecule has 1 fully saturated rings. The van der Waals surface area contributed by atoms with E-state index in [2.05, 4.69) is 25.8 Å². The number of rotatable bonds is 5. The number of nitrogens with zero attached hydrogens (tertiary/aromatic N) is 3. The fourth-order valence-electron chi connectivity index (χ4n) is 2.85. The molecule has 21 heavy (non-hydrogen) atoms. The van der Waals surface area contributed by atoms with Crippen LogP contribution in [0.4, 0.5) is 10.9 Å². The summed E-state index contributed by atoms with van der Waals surface area (Å²) < 4.78 is 0. The lowest BCUT2D eigenvalue weighted by Crippen LogP contribution is -2.31. The van der Waals surface area contributed by atoms with Gasteiger partial charge in [-0.2, -0.15) is 0 Å². The Morgan fingerprint density at radius 3 is 2.62 bits per heavy atom. The van der Waals surface area contributed by atoms with Crippen LogP contribution in [0.1, 0.15) is 49.7 Å². The molecule has 1 aromatic rings. The Morgan fingerprint density at radius 2 is 2.10 bits per heavy atom. The minimum Gasteiger partial charge on any atom is -0.382 e. The lowest BCUT2D eigenvalue weighted by Gasteiger charge is -2.26. The number of carbonyl (C=O) groups is 1. The Labute approximate surface area is 131 Å². The standard InChI is InChI=1S/C15H26N4OS/c1-5-15(6-2)8-9-19(10-15)13(20)11-12(16)17-14(21-11)18(4)7-3/h5-10,16H2,1-4H3. The Morgan fingerprint density at radius 1 is 1.43 bits per heavy atom. The number of hydrogen-bond donors (Lipinski definition) is 1. The van der Waals surface area contributed by atoms with E-state index < -0.39 is 0 Å². The molecule has 1 saturated heterocycles. The van der Waals surface area contributed by atoms with Gasteiger partial charge < -0.3 is 15.5 Å². The third-order valence-corrected chi connectivity index (χ3v) is 6.04. The third kappa shape index (κ3) is 3.00. The van der Waals surface area contributed by atoms with Crippen LogP contribution < -0.4 is 10.6 Å². The van der Waals surface area contributed by atoms with E-state index in [4.69, 9.17) is 5.73 Å². The summed E-state index contributed by atoms with van der Waals surface area (Å²) in [4.78, 5) is 21.6. The molecule has 0 spiro atoms. The summed E-state index contributed by atoms with van der Waals surface area (Å²) in [6, 6.07) is 0. The highest BCUT2D eigenvalue weighted by molar-refractivity contribution is 7.18. The number of carbonyl (C=O) groups excluding carboxylic acids is 1. The van der Waals surface area contributed by atoms with Crippen LogP contribution in [0.2, 0.25) is 0 Å². The normalized spacial score (nSPS) is 17.2. The monoisotopic (exact) mass is 310 g/mol. The lowest BCUT2D eigenvalue weighted by molar-refractivity contribution is 0.0775. The molecule has 2 rings (SSSR count). The molecule has 1 aliphatic heterocycles. The zero-order valence-electron chi connectivity index (χ0n) is 13.5. The van der Waals surface area contributed by atoms with E-state index in [0.29, 0.717) is 10.7 Å². The van der Waals surface area contributed by atoms with Crippen LogP contribution in [0.25, 0.3) is 0 Å². The van der Waals surface area contributed by atoms with Crippen molar-refractivity contribution in [1.82, 2.24) is 9.88 Å². The number of likely N-dealkylation sites (tertiary alicyclic amines) is 1. The smallest absolute Gasteiger partial charge is 0.267 e. The van der Waals surface area contributed by atoms with Gasteiger partial charge in [0.05, 0.1) is 0 Å². The van der Waals surface area contributed by atoms with Gasteiger partial charge >= 0.3 is 0 Å². The number of hydrogen-bond acceptors (Lipinski definition) is 5. The topological polar surface area (TPSA) is 62.5 Å². The minimum absolute atomic E-state index is 0.0459. The molecule has 2 heterocycles. The molecule has 0 aliphatic carbocycles. The van der Waals surface area contributed by atoms with E-state index in [1.54, 1.807) is 0 Å². The van der Waals surface area contributed by atoms with Gasteiger partial charge in [-0.3, -0.25) is 4.79 Å². The van der Waals surface area contributed by atoms with Gasteiger partial charge in [-0.25, -0.2) is 4.98 Å². The van der Waals surface area contributed by atoms with Gasteiger partial charge in [0.15, 0.2) is 5.13 Å². The fraction of sp³-hybridized carbons (Fsp3) is 0.733. The van der Waals surface area contributed by atoms with E-state index in [-0.39, 0.29) is 11.3 Å². The summed E-state index contributed by atoms with van der Waals surface area (Å²) in [5.74, 6) is 0.412. The molecule has 0 atom stereocenters. The Kier molecular flexibility index (Phi) is 4.76. The van der Waals surface area contributed by atoms with Crippen molar-refractivity contribution in [2.24, 2.45) is 5.41 Å². The molecule has 1 aliphatic rings. The van der Waals surface area contributed by atoms with Crippen LogP contribution in [0.3, 0.4) is 0 Å². The van der Waals surface area contributed by atoms with E-state index in [1.165, 1.54) is 11.3 Å². The molecule has 118 valence electrons. The minimum atomic E-state index is 0.0459. The van der Waals surface area contributed by atoms with Crippen molar-refractivity contribution in [3.8, 4) is 0 Å². The molecule has 0 aromatic carbocycles. The molecule has 1 amide bonds. The first-order valence-electron chi connectivity index (χ1n) is 7.73. The molecule has 0 unspecified atom stereocenters. The summed E-state index contributed by atoms with van der Waals surface area (Å²) >= 11 is 1.40. The van der Waals surface area contributed by atoms with Crippen LogP contribution in [0.5, 0.6) is 0 Å². The summed E-state index contributed by atoms with van der Waals surface area (Å²) in [5.41, 5.74) is 6.25. The molecule has 5 nitrogen and oxygen atoms in total. The zero-order valence-corrected chi connectivity index (χ0v) is 14.3. The molecular formula is C15H26N4OS. The van der Waals surface area contributed by atoms with E-state index in [1.807, 2.05) is 16.8 Å². The summed E-state index contributed by atoms with van der Waals surface area (Å²) in [7, 11) is 1.96. The predicted octanol–water partition coefficient (Wildman–Crippen LogP) is 2.83. The van der Waals surface area contributed by atoms with E-state index in [0.717, 1.165) is 44.0 Å². The summed E-state index contributed by atoms with van der Waals surface area (Å²) in [6.07, 6.45) is 3.33. The molecule has 1 aromatic heterocycles. The Balaban J connectivity index is 2.16. The molecule has 0 radical (unpaired) electrons. The Hall–Kier alpha value is -1.30. The Bertz CT molecular complexity index is 510.